The van der Waals surface area contributed by atoms with Crippen LogP contribution in [-0.2, 0) is 7.05 Å². The number of nitrogens with two attached hydrogens (primary N) is 1. The number of hydrogen-bond acceptors (Lipinski definition) is 3. The van der Waals surface area contributed by atoms with Gasteiger partial charge in [0.05, 0.1) is 6.20 Å². The molecule has 0 aliphatic heterocycles. The van der Waals surface area contributed by atoms with E-state index in [0.29, 0.717) is 0 Å². The van der Waals surface area contributed by atoms with Crippen LogP contribution in [0.4, 0.5) is 5.82 Å². The van der Waals surface area contributed by atoms with Gasteiger partial charge in [0.1, 0.15) is 5.82 Å². The Balaban J connectivity index is 3.07. The molecule has 0 fully saturated rings. The van der Waals surface area contributed by atoms with Crippen LogP contribution in [0.2, 0.25) is 0 Å². The monoisotopic (exact) mass is 126 g/mol. The van der Waals surface area contributed by atoms with E-state index in [1.54, 1.807) is 10.9 Å². The third kappa shape index (κ3) is 0.882. The lowest BCUT2D eigenvalue weighted by molar-refractivity contribution is 0.771. The highest BCUT2D eigenvalue weighted by Crippen LogP contribution is 2.08. The summed E-state index contributed by atoms with van der Waals surface area (Å²) in [5.74, 6) is 6.04. The molecule has 0 saturated carbocycles. The Morgan fingerprint density at radius 2 is 2.44 bits per heavy atom. The lowest BCUT2D eigenvalue weighted by atomic mass is 10.4. The predicted octanol–water partition coefficient (Wildman–Crippen LogP) is 0.0141. The van der Waals surface area contributed by atoms with Gasteiger partial charge in [0.15, 0.2) is 0 Å². The normalized spacial score (nSPS) is 9.67. The van der Waals surface area contributed by atoms with Crippen molar-refractivity contribution in [3.63, 3.8) is 0 Å². The highest BCUT2D eigenvalue weighted by atomic mass is 15.4. The van der Waals surface area contributed by atoms with Gasteiger partial charge in [-0.3, -0.25) is 4.68 Å². The molecule has 0 unspecified atom stereocenters. The number of aryl methyl sites for hydroxylation is 2. The standard InChI is InChI=1S/C5H10N4/c1-4-3-7-9(2)5(4)8-6/h3,8H,6H2,1-2H3. The minimum Gasteiger partial charge on any atom is -0.308 e. The third-order valence-electron chi connectivity index (χ3n) is 1.26. The van der Waals surface area contributed by atoms with Gasteiger partial charge in [-0.1, -0.05) is 0 Å². The maximum absolute atomic E-state index is 5.19. The molecule has 0 spiro atoms. The van der Waals surface area contributed by atoms with E-state index < -0.39 is 0 Å². The summed E-state index contributed by atoms with van der Waals surface area (Å²) < 4.78 is 1.69. The molecule has 0 saturated heterocycles. The summed E-state index contributed by atoms with van der Waals surface area (Å²) >= 11 is 0. The minimum absolute atomic E-state index is 0.856. The molecule has 0 aliphatic carbocycles. The molecule has 1 aromatic rings. The first kappa shape index (κ1) is 6.10. The Hall–Kier alpha value is -1.03. The summed E-state index contributed by atoms with van der Waals surface area (Å²) in [6.07, 6.45) is 1.76. The zero-order valence-corrected chi connectivity index (χ0v) is 5.55. The van der Waals surface area contributed by atoms with Crippen molar-refractivity contribution >= 4 is 5.82 Å². The van der Waals surface area contributed by atoms with E-state index in [-0.39, 0.29) is 0 Å². The number of hydrogen-bond donors (Lipinski definition) is 2. The zero-order valence-electron chi connectivity index (χ0n) is 5.55. The molecule has 0 aromatic carbocycles. The minimum atomic E-state index is 0.856. The molecule has 3 N–H and O–H groups in total. The second-order valence-corrected chi connectivity index (χ2v) is 1.94. The summed E-state index contributed by atoms with van der Waals surface area (Å²) in [4.78, 5) is 0. The molecule has 1 aromatic heterocycles. The fraction of sp³-hybridized carbons (Fsp3) is 0.400. The molecule has 0 radical (unpaired) electrons. The van der Waals surface area contributed by atoms with Crippen molar-refractivity contribution in [1.29, 1.82) is 0 Å². The van der Waals surface area contributed by atoms with E-state index in [1.807, 2.05) is 14.0 Å². The van der Waals surface area contributed by atoms with Crippen LogP contribution >= 0.6 is 0 Å². The van der Waals surface area contributed by atoms with Gasteiger partial charge in [-0.15, -0.1) is 0 Å². The van der Waals surface area contributed by atoms with Crippen molar-refractivity contribution < 1.29 is 0 Å². The molecular formula is C5H10N4. The number of anilines is 1. The van der Waals surface area contributed by atoms with Gasteiger partial charge in [-0.25, -0.2) is 5.84 Å². The van der Waals surface area contributed by atoms with Crippen molar-refractivity contribution in [3.05, 3.63) is 11.8 Å². The van der Waals surface area contributed by atoms with E-state index in [4.69, 9.17) is 5.84 Å². The van der Waals surface area contributed by atoms with Crippen LogP contribution in [0.15, 0.2) is 6.20 Å². The van der Waals surface area contributed by atoms with Gasteiger partial charge in [-0.05, 0) is 6.92 Å². The summed E-state index contributed by atoms with van der Waals surface area (Å²) in [6.45, 7) is 1.95. The first-order valence-electron chi connectivity index (χ1n) is 2.71. The predicted molar refractivity (Wildman–Crippen MR) is 35.8 cm³/mol. The van der Waals surface area contributed by atoms with Gasteiger partial charge >= 0.3 is 0 Å². The lowest BCUT2D eigenvalue weighted by Gasteiger charge is -1.99. The molecule has 0 atom stereocenters. The summed E-state index contributed by atoms with van der Waals surface area (Å²) in [7, 11) is 1.84. The summed E-state index contributed by atoms with van der Waals surface area (Å²) in [5.41, 5.74) is 3.60. The smallest absolute Gasteiger partial charge is 0.140 e. The Morgan fingerprint density at radius 3 is 2.67 bits per heavy atom. The van der Waals surface area contributed by atoms with Crippen LogP contribution in [0.25, 0.3) is 0 Å². The molecule has 1 heterocycles. The molecule has 4 heteroatoms. The maximum atomic E-state index is 5.19. The Labute approximate surface area is 53.6 Å². The molecular weight excluding hydrogens is 116 g/mol. The maximum Gasteiger partial charge on any atom is 0.140 e. The molecule has 4 nitrogen and oxygen atoms in total. The fourth-order valence-electron chi connectivity index (χ4n) is 0.755. The molecule has 0 aliphatic rings. The molecule has 0 amide bonds. The Kier molecular flexibility index (Phi) is 1.40. The second-order valence-electron chi connectivity index (χ2n) is 1.94. The highest BCUT2D eigenvalue weighted by molar-refractivity contribution is 5.40. The van der Waals surface area contributed by atoms with Crippen molar-refractivity contribution in [3.8, 4) is 0 Å². The topological polar surface area (TPSA) is 55.9 Å². The van der Waals surface area contributed by atoms with E-state index in [2.05, 4.69) is 10.5 Å². The van der Waals surface area contributed by atoms with Crippen molar-refractivity contribution in [1.82, 2.24) is 9.78 Å². The van der Waals surface area contributed by atoms with Crippen molar-refractivity contribution in [2.75, 3.05) is 5.43 Å². The second kappa shape index (κ2) is 2.06. The SMILES string of the molecule is Cc1cnn(C)c1NN. The molecule has 1 rings (SSSR count). The number of nitrogens with one attached hydrogen (secondary N) is 1. The van der Waals surface area contributed by atoms with Crippen LogP contribution in [0.5, 0.6) is 0 Å². The number of hydrazine groups is 1. The van der Waals surface area contributed by atoms with Gasteiger partial charge in [0.25, 0.3) is 0 Å². The van der Waals surface area contributed by atoms with E-state index in [1.165, 1.54) is 0 Å². The van der Waals surface area contributed by atoms with Gasteiger partial charge < -0.3 is 5.43 Å². The molecule has 0 bridgehead atoms. The van der Waals surface area contributed by atoms with Gasteiger partial charge in [0.2, 0.25) is 0 Å². The van der Waals surface area contributed by atoms with Crippen LogP contribution in [0.1, 0.15) is 5.56 Å². The van der Waals surface area contributed by atoms with Crippen LogP contribution in [0, 0.1) is 6.92 Å². The number of nitrogen functional groups attached to an aromatic ring is 1. The van der Waals surface area contributed by atoms with E-state index in [0.717, 1.165) is 11.4 Å². The van der Waals surface area contributed by atoms with Crippen molar-refractivity contribution in [2.24, 2.45) is 12.9 Å². The third-order valence-corrected chi connectivity index (χ3v) is 1.26. The zero-order chi connectivity index (χ0) is 6.85. The fourth-order valence-corrected chi connectivity index (χ4v) is 0.755. The molecule has 50 valence electrons. The lowest BCUT2D eigenvalue weighted by Crippen LogP contribution is -2.11. The Bertz CT molecular complexity index is 183. The van der Waals surface area contributed by atoms with Gasteiger partial charge in [0, 0.05) is 12.6 Å². The summed E-state index contributed by atoms with van der Waals surface area (Å²) in [6, 6.07) is 0. The Morgan fingerprint density at radius 1 is 1.78 bits per heavy atom. The average molecular weight is 126 g/mol. The largest absolute Gasteiger partial charge is 0.308 e. The van der Waals surface area contributed by atoms with Crippen LogP contribution in [0.3, 0.4) is 0 Å². The quantitative estimate of drug-likeness (QED) is 0.412. The van der Waals surface area contributed by atoms with E-state index >= 15 is 0 Å². The number of aromatic nitrogens is 2. The van der Waals surface area contributed by atoms with Crippen LogP contribution in [-0.4, -0.2) is 9.78 Å². The number of nitrogens with zero attached hydrogens (tertiary/aromatic N) is 2. The first-order chi connectivity index (χ1) is 4.25. The van der Waals surface area contributed by atoms with Crippen LogP contribution < -0.4 is 11.3 Å². The molecule has 9 heavy (non-hydrogen) atoms. The number of rotatable bonds is 1. The highest BCUT2D eigenvalue weighted by Gasteiger charge is 1.98. The van der Waals surface area contributed by atoms with Crippen molar-refractivity contribution in [2.45, 2.75) is 6.92 Å². The summed E-state index contributed by atoms with van der Waals surface area (Å²) in [5, 5.41) is 3.96. The average Bonchev–Trinajstić information content (AvgIpc) is 2.12. The first-order valence-corrected chi connectivity index (χ1v) is 2.71. The van der Waals surface area contributed by atoms with E-state index in [9.17, 15) is 0 Å². The van der Waals surface area contributed by atoms with Gasteiger partial charge in [-0.2, -0.15) is 5.10 Å².